The topological polar surface area (TPSA) is 61.8 Å². The van der Waals surface area contributed by atoms with Crippen molar-refractivity contribution >= 4 is 15.8 Å². The zero-order valence-corrected chi connectivity index (χ0v) is 14.1. The van der Waals surface area contributed by atoms with Crippen LogP contribution in [0.2, 0.25) is 0 Å². The monoisotopic (exact) mass is 355 g/mol. The molecule has 0 bridgehead atoms. The molecule has 1 heterocycles. The highest BCUT2D eigenvalue weighted by atomic mass is 32.2. The Bertz CT molecular complexity index is 540. The van der Waals surface area contributed by atoms with Gasteiger partial charge in [-0.3, -0.25) is 4.99 Å². The van der Waals surface area contributed by atoms with Crippen molar-refractivity contribution in [3.05, 3.63) is 0 Å². The predicted octanol–water partition coefficient (Wildman–Crippen LogP) is 1.95. The van der Waals surface area contributed by atoms with E-state index in [1.807, 2.05) is 0 Å². The molecule has 0 amide bonds. The van der Waals surface area contributed by atoms with Gasteiger partial charge in [0.05, 0.1) is 16.9 Å². The summed E-state index contributed by atoms with van der Waals surface area (Å²) in [4.78, 5) is 5.82. The van der Waals surface area contributed by atoms with E-state index in [1.54, 1.807) is 4.90 Å². The van der Waals surface area contributed by atoms with E-state index in [0.29, 0.717) is 25.3 Å². The highest BCUT2D eigenvalue weighted by Crippen LogP contribution is 2.38. The summed E-state index contributed by atoms with van der Waals surface area (Å²) >= 11 is 0. The molecule has 134 valence electrons. The van der Waals surface area contributed by atoms with Gasteiger partial charge < -0.3 is 10.2 Å². The lowest BCUT2D eigenvalue weighted by molar-refractivity contribution is -0.132. The Morgan fingerprint density at radius 2 is 1.91 bits per heavy atom. The van der Waals surface area contributed by atoms with Crippen LogP contribution in [0.5, 0.6) is 0 Å². The van der Waals surface area contributed by atoms with E-state index in [-0.39, 0.29) is 18.8 Å². The molecular formula is C14H24F3N3O2S. The van der Waals surface area contributed by atoms with Crippen LogP contribution in [-0.2, 0) is 9.84 Å². The molecule has 1 spiro atoms. The highest BCUT2D eigenvalue weighted by molar-refractivity contribution is 7.92. The van der Waals surface area contributed by atoms with Crippen molar-refractivity contribution < 1.29 is 21.6 Å². The Kier molecular flexibility index (Phi) is 5.48. The third-order valence-corrected chi connectivity index (χ3v) is 7.31. The first-order valence-electron chi connectivity index (χ1n) is 7.94. The fourth-order valence-corrected chi connectivity index (χ4v) is 5.62. The lowest BCUT2D eigenvalue weighted by Gasteiger charge is -2.45. The van der Waals surface area contributed by atoms with Gasteiger partial charge in [-0.2, -0.15) is 13.2 Å². The van der Waals surface area contributed by atoms with E-state index in [0.717, 1.165) is 19.3 Å². The Morgan fingerprint density at radius 3 is 2.48 bits per heavy atom. The summed E-state index contributed by atoms with van der Waals surface area (Å²) in [5.74, 6) is 0.390. The summed E-state index contributed by atoms with van der Waals surface area (Å²) in [6, 6.07) is 0. The average molecular weight is 355 g/mol. The number of guanidine groups is 1. The third kappa shape index (κ3) is 4.30. The van der Waals surface area contributed by atoms with Gasteiger partial charge in [-0.1, -0.05) is 19.3 Å². The minimum atomic E-state index is -4.22. The number of rotatable bonds is 2. The maximum atomic E-state index is 12.5. The van der Waals surface area contributed by atoms with Gasteiger partial charge >= 0.3 is 6.18 Å². The van der Waals surface area contributed by atoms with E-state index >= 15 is 0 Å². The standard InChI is InChI=1S/C14H24F3N3O2S/c1-18-12(19-8-7-14(15,16)17)20-9-10-23(21,22)13(11-20)5-3-2-4-6-13/h2-11H2,1H3,(H,18,19). The molecule has 0 aromatic carbocycles. The second-order valence-electron chi connectivity index (χ2n) is 6.32. The Hall–Kier alpha value is -0.990. The number of hydrogen-bond acceptors (Lipinski definition) is 3. The fourth-order valence-electron chi connectivity index (χ4n) is 3.47. The molecule has 1 N–H and O–H groups in total. The van der Waals surface area contributed by atoms with Crippen LogP contribution in [0.3, 0.4) is 0 Å². The van der Waals surface area contributed by atoms with Gasteiger partial charge in [-0.25, -0.2) is 8.42 Å². The number of nitrogens with zero attached hydrogens (tertiary/aromatic N) is 2. The average Bonchev–Trinajstić information content (AvgIpc) is 2.47. The lowest BCUT2D eigenvalue weighted by Crippen LogP contribution is -2.60. The summed E-state index contributed by atoms with van der Waals surface area (Å²) in [6.45, 7) is 0.337. The number of sulfone groups is 1. The predicted molar refractivity (Wildman–Crippen MR) is 83.2 cm³/mol. The molecule has 1 aliphatic heterocycles. The second kappa shape index (κ2) is 6.86. The van der Waals surface area contributed by atoms with Gasteiger partial charge in [0.2, 0.25) is 0 Å². The Morgan fingerprint density at radius 1 is 1.26 bits per heavy atom. The smallest absolute Gasteiger partial charge is 0.356 e. The molecular weight excluding hydrogens is 331 g/mol. The lowest BCUT2D eigenvalue weighted by atomic mass is 9.87. The molecule has 0 unspecified atom stereocenters. The molecule has 2 rings (SSSR count). The Labute approximate surface area is 135 Å². The van der Waals surface area contributed by atoms with Crippen LogP contribution in [0.15, 0.2) is 4.99 Å². The first-order chi connectivity index (χ1) is 10.7. The molecule has 9 heteroatoms. The van der Waals surface area contributed by atoms with E-state index < -0.39 is 27.2 Å². The van der Waals surface area contributed by atoms with Gasteiger partial charge in [0, 0.05) is 26.7 Å². The van der Waals surface area contributed by atoms with Gasteiger partial charge in [-0.05, 0) is 12.8 Å². The zero-order valence-electron chi connectivity index (χ0n) is 13.3. The highest BCUT2D eigenvalue weighted by Gasteiger charge is 2.48. The van der Waals surface area contributed by atoms with Crippen molar-refractivity contribution in [1.29, 1.82) is 0 Å². The summed E-state index contributed by atoms with van der Waals surface area (Å²) in [7, 11) is -1.66. The Balaban J connectivity index is 2.05. The van der Waals surface area contributed by atoms with Crippen LogP contribution in [0.4, 0.5) is 13.2 Å². The maximum absolute atomic E-state index is 12.5. The van der Waals surface area contributed by atoms with Crippen LogP contribution < -0.4 is 5.32 Å². The van der Waals surface area contributed by atoms with Gasteiger partial charge in [-0.15, -0.1) is 0 Å². The number of aliphatic imine (C=N–C) groups is 1. The summed E-state index contributed by atoms with van der Waals surface area (Å²) in [5.41, 5.74) is 0. The fraction of sp³-hybridized carbons (Fsp3) is 0.929. The van der Waals surface area contributed by atoms with Crippen molar-refractivity contribution in [3.63, 3.8) is 0 Å². The minimum Gasteiger partial charge on any atom is -0.356 e. The first-order valence-corrected chi connectivity index (χ1v) is 9.59. The van der Waals surface area contributed by atoms with Crippen molar-refractivity contribution in [2.75, 3.05) is 32.4 Å². The molecule has 0 aromatic rings. The van der Waals surface area contributed by atoms with E-state index in [2.05, 4.69) is 10.3 Å². The molecule has 5 nitrogen and oxygen atoms in total. The molecule has 0 radical (unpaired) electrons. The number of halogens is 3. The van der Waals surface area contributed by atoms with Crippen molar-refractivity contribution in [1.82, 2.24) is 10.2 Å². The van der Waals surface area contributed by atoms with Crippen LogP contribution in [0.25, 0.3) is 0 Å². The SMILES string of the molecule is CN=C(NCCC(F)(F)F)N1CCS(=O)(=O)C2(CCCCC2)C1. The summed E-state index contributed by atoms with van der Waals surface area (Å²) < 4.78 is 61.1. The molecule has 2 fully saturated rings. The molecule has 23 heavy (non-hydrogen) atoms. The van der Waals surface area contributed by atoms with E-state index in [9.17, 15) is 21.6 Å². The molecule has 0 atom stereocenters. The van der Waals surface area contributed by atoms with E-state index in [1.165, 1.54) is 7.05 Å². The minimum absolute atomic E-state index is 0.0347. The zero-order chi connectivity index (χ0) is 17.1. The van der Waals surface area contributed by atoms with Gasteiger partial charge in [0.1, 0.15) is 0 Å². The van der Waals surface area contributed by atoms with E-state index in [4.69, 9.17) is 0 Å². The molecule has 1 saturated carbocycles. The van der Waals surface area contributed by atoms with Gasteiger partial charge in [0.25, 0.3) is 0 Å². The second-order valence-corrected chi connectivity index (χ2v) is 8.83. The van der Waals surface area contributed by atoms with Crippen LogP contribution in [-0.4, -0.2) is 62.6 Å². The largest absolute Gasteiger partial charge is 0.390 e. The normalized spacial score (nSPS) is 24.7. The third-order valence-electron chi connectivity index (χ3n) is 4.74. The summed E-state index contributed by atoms with van der Waals surface area (Å²) in [5, 5.41) is 2.71. The van der Waals surface area contributed by atoms with Crippen molar-refractivity contribution in [2.24, 2.45) is 4.99 Å². The molecule has 1 saturated heterocycles. The first kappa shape index (κ1) is 18.4. The molecule has 1 aliphatic carbocycles. The number of alkyl halides is 3. The van der Waals surface area contributed by atoms with Crippen LogP contribution >= 0.6 is 0 Å². The maximum Gasteiger partial charge on any atom is 0.390 e. The van der Waals surface area contributed by atoms with Crippen LogP contribution in [0.1, 0.15) is 38.5 Å². The number of hydrogen-bond donors (Lipinski definition) is 1. The number of nitrogens with one attached hydrogen (secondary N) is 1. The molecule has 0 aromatic heterocycles. The van der Waals surface area contributed by atoms with Crippen molar-refractivity contribution in [3.8, 4) is 0 Å². The van der Waals surface area contributed by atoms with Crippen LogP contribution in [0, 0.1) is 0 Å². The quantitative estimate of drug-likeness (QED) is 0.608. The molecule has 2 aliphatic rings. The van der Waals surface area contributed by atoms with Gasteiger partial charge in [0.15, 0.2) is 15.8 Å². The summed E-state index contributed by atoms with van der Waals surface area (Å²) in [6.07, 6.45) is -1.10. The van der Waals surface area contributed by atoms with Crippen molar-refractivity contribution in [2.45, 2.75) is 49.4 Å².